The molecule has 0 saturated carbocycles. The van der Waals surface area contributed by atoms with E-state index in [1.165, 1.54) is 18.2 Å². The summed E-state index contributed by atoms with van der Waals surface area (Å²) >= 11 is 0. The van der Waals surface area contributed by atoms with E-state index < -0.39 is 24.3 Å². The van der Waals surface area contributed by atoms with Gasteiger partial charge in [0.05, 0.1) is 11.6 Å². The first-order valence-electron chi connectivity index (χ1n) is 8.46. The largest absolute Gasteiger partial charge is 0.452 e. The number of carbonyl (C=O) groups excluding carboxylic acids is 2. The molecule has 0 unspecified atom stereocenters. The van der Waals surface area contributed by atoms with Gasteiger partial charge in [-0.1, -0.05) is 72.8 Å². The van der Waals surface area contributed by atoms with Crippen LogP contribution in [-0.2, 0) is 9.53 Å². The van der Waals surface area contributed by atoms with E-state index >= 15 is 0 Å². The van der Waals surface area contributed by atoms with Crippen LogP contribution >= 0.6 is 0 Å². The van der Waals surface area contributed by atoms with E-state index in [1.807, 2.05) is 60.7 Å². The normalized spacial score (nSPS) is 10.4. The molecule has 0 saturated heterocycles. The van der Waals surface area contributed by atoms with Gasteiger partial charge in [0.1, 0.15) is 5.82 Å². The summed E-state index contributed by atoms with van der Waals surface area (Å²) in [5.41, 5.74) is 1.60. The molecule has 1 amide bonds. The van der Waals surface area contributed by atoms with Crippen molar-refractivity contribution in [3.63, 3.8) is 0 Å². The Morgan fingerprint density at radius 1 is 0.815 bits per heavy atom. The van der Waals surface area contributed by atoms with Crippen LogP contribution in [-0.4, -0.2) is 18.5 Å². The van der Waals surface area contributed by atoms with Crippen LogP contribution in [0.15, 0.2) is 84.9 Å². The number of benzene rings is 3. The average molecular weight is 363 g/mol. The summed E-state index contributed by atoms with van der Waals surface area (Å²) in [6.45, 7) is -0.497. The predicted molar refractivity (Wildman–Crippen MR) is 99.6 cm³/mol. The van der Waals surface area contributed by atoms with Gasteiger partial charge >= 0.3 is 5.97 Å². The number of carbonyl (C=O) groups is 2. The van der Waals surface area contributed by atoms with Gasteiger partial charge in [-0.3, -0.25) is 4.79 Å². The SMILES string of the molecule is O=C(COC(=O)c1ccccc1F)NC(c1ccccc1)c1ccccc1. The van der Waals surface area contributed by atoms with Crippen molar-refractivity contribution in [1.29, 1.82) is 0 Å². The van der Waals surface area contributed by atoms with Gasteiger partial charge in [-0.2, -0.15) is 0 Å². The maximum absolute atomic E-state index is 13.6. The van der Waals surface area contributed by atoms with Crippen LogP contribution in [0.3, 0.4) is 0 Å². The van der Waals surface area contributed by atoms with Crippen LogP contribution in [0.1, 0.15) is 27.5 Å². The molecule has 0 aliphatic heterocycles. The zero-order valence-corrected chi connectivity index (χ0v) is 14.5. The molecule has 0 aliphatic rings. The number of nitrogens with one attached hydrogen (secondary N) is 1. The standard InChI is InChI=1S/C22H18FNO3/c23-19-14-8-7-13-18(19)22(26)27-15-20(25)24-21(16-9-3-1-4-10-16)17-11-5-2-6-12-17/h1-14,21H,15H2,(H,24,25). The molecule has 0 heterocycles. The van der Waals surface area contributed by atoms with Gasteiger partial charge in [-0.25, -0.2) is 9.18 Å². The Balaban J connectivity index is 1.68. The highest BCUT2D eigenvalue weighted by atomic mass is 19.1. The number of amides is 1. The topological polar surface area (TPSA) is 55.4 Å². The molecule has 4 nitrogen and oxygen atoms in total. The molecule has 5 heteroatoms. The minimum atomic E-state index is -0.876. The van der Waals surface area contributed by atoms with Crippen molar-refractivity contribution in [1.82, 2.24) is 5.32 Å². The molecular weight excluding hydrogens is 345 g/mol. The van der Waals surface area contributed by atoms with Crippen LogP contribution in [0.5, 0.6) is 0 Å². The van der Waals surface area contributed by atoms with Crippen LogP contribution in [0.2, 0.25) is 0 Å². The van der Waals surface area contributed by atoms with Gasteiger partial charge in [0.25, 0.3) is 5.91 Å². The number of halogens is 1. The molecule has 27 heavy (non-hydrogen) atoms. The molecule has 0 atom stereocenters. The summed E-state index contributed by atoms with van der Waals surface area (Å²) in [4.78, 5) is 24.3. The summed E-state index contributed by atoms with van der Waals surface area (Å²) in [7, 11) is 0. The maximum Gasteiger partial charge on any atom is 0.341 e. The molecule has 0 aliphatic carbocycles. The summed E-state index contributed by atoms with van der Waals surface area (Å²) in [6.07, 6.45) is 0. The maximum atomic E-state index is 13.6. The molecule has 3 aromatic rings. The monoisotopic (exact) mass is 363 g/mol. The third kappa shape index (κ3) is 4.79. The molecule has 1 N–H and O–H groups in total. The lowest BCUT2D eigenvalue weighted by Gasteiger charge is -2.20. The van der Waals surface area contributed by atoms with E-state index in [1.54, 1.807) is 0 Å². The Morgan fingerprint density at radius 2 is 1.33 bits per heavy atom. The molecule has 3 aromatic carbocycles. The third-order valence-corrected chi connectivity index (χ3v) is 4.00. The number of rotatable bonds is 6. The molecule has 0 spiro atoms. The van der Waals surface area contributed by atoms with Gasteiger partial charge in [-0.15, -0.1) is 0 Å². The Labute approximate surface area is 156 Å². The van der Waals surface area contributed by atoms with Crippen molar-refractivity contribution in [2.24, 2.45) is 0 Å². The van der Waals surface area contributed by atoms with Crippen LogP contribution in [0.4, 0.5) is 4.39 Å². The average Bonchev–Trinajstić information content (AvgIpc) is 2.72. The smallest absolute Gasteiger partial charge is 0.341 e. The molecule has 0 aromatic heterocycles. The zero-order chi connectivity index (χ0) is 19.1. The second-order valence-electron chi connectivity index (χ2n) is 5.88. The highest BCUT2D eigenvalue weighted by Crippen LogP contribution is 2.21. The second kappa shape index (κ2) is 8.76. The third-order valence-electron chi connectivity index (χ3n) is 4.00. The van der Waals surface area contributed by atoms with Crippen LogP contribution < -0.4 is 5.32 Å². The highest BCUT2D eigenvalue weighted by molar-refractivity contribution is 5.91. The summed E-state index contributed by atoms with van der Waals surface area (Å²) < 4.78 is 18.6. The number of ether oxygens (including phenoxy) is 1. The minimum absolute atomic E-state index is 0.201. The quantitative estimate of drug-likeness (QED) is 0.676. The summed E-state index contributed by atoms with van der Waals surface area (Å²) in [5, 5.41) is 2.86. The lowest BCUT2D eigenvalue weighted by atomic mass is 9.99. The van der Waals surface area contributed by atoms with E-state index in [0.717, 1.165) is 17.2 Å². The lowest BCUT2D eigenvalue weighted by molar-refractivity contribution is -0.124. The van der Waals surface area contributed by atoms with Gasteiger partial charge < -0.3 is 10.1 Å². The highest BCUT2D eigenvalue weighted by Gasteiger charge is 2.19. The van der Waals surface area contributed by atoms with Gasteiger partial charge in [0, 0.05) is 0 Å². The van der Waals surface area contributed by atoms with Crippen molar-refractivity contribution in [3.8, 4) is 0 Å². The fraction of sp³-hybridized carbons (Fsp3) is 0.0909. The molecule has 136 valence electrons. The number of hydrogen-bond donors (Lipinski definition) is 1. The van der Waals surface area contributed by atoms with Crippen LogP contribution in [0, 0.1) is 5.82 Å². The van der Waals surface area contributed by atoms with Crippen molar-refractivity contribution >= 4 is 11.9 Å². The Morgan fingerprint density at radius 3 is 1.89 bits per heavy atom. The first kappa shape index (κ1) is 18.3. The fourth-order valence-corrected chi connectivity index (χ4v) is 2.69. The molecule has 0 bridgehead atoms. The number of hydrogen-bond acceptors (Lipinski definition) is 3. The van der Waals surface area contributed by atoms with Crippen molar-refractivity contribution in [3.05, 3.63) is 107 Å². The Bertz CT molecular complexity index is 874. The van der Waals surface area contributed by atoms with E-state index in [9.17, 15) is 14.0 Å². The molecular formula is C22H18FNO3. The van der Waals surface area contributed by atoms with E-state index in [2.05, 4.69) is 5.32 Å². The Hall–Kier alpha value is -3.47. The van der Waals surface area contributed by atoms with Gasteiger partial charge in [0.2, 0.25) is 0 Å². The minimum Gasteiger partial charge on any atom is -0.452 e. The van der Waals surface area contributed by atoms with E-state index in [4.69, 9.17) is 4.74 Å². The van der Waals surface area contributed by atoms with Gasteiger partial charge in [0.15, 0.2) is 6.61 Å². The predicted octanol–water partition coefficient (Wildman–Crippen LogP) is 3.89. The van der Waals surface area contributed by atoms with Crippen molar-refractivity contribution in [2.45, 2.75) is 6.04 Å². The van der Waals surface area contributed by atoms with Crippen LogP contribution in [0.25, 0.3) is 0 Å². The summed E-state index contributed by atoms with van der Waals surface area (Å²) in [5.74, 6) is -2.04. The van der Waals surface area contributed by atoms with E-state index in [0.29, 0.717) is 0 Å². The molecule has 3 rings (SSSR count). The fourth-order valence-electron chi connectivity index (χ4n) is 2.69. The molecule has 0 radical (unpaired) electrons. The summed E-state index contributed by atoms with van der Waals surface area (Å²) in [6, 6.07) is 24.0. The lowest BCUT2D eigenvalue weighted by Crippen LogP contribution is -2.33. The second-order valence-corrected chi connectivity index (χ2v) is 5.88. The van der Waals surface area contributed by atoms with Crippen molar-refractivity contribution in [2.75, 3.05) is 6.61 Å². The Kier molecular flexibility index (Phi) is 5.94. The first-order chi connectivity index (χ1) is 13.1. The van der Waals surface area contributed by atoms with Gasteiger partial charge in [-0.05, 0) is 23.3 Å². The number of esters is 1. The zero-order valence-electron chi connectivity index (χ0n) is 14.5. The molecule has 0 fully saturated rings. The van der Waals surface area contributed by atoms with Crippen molar-refractivity contribution < 1.29 is 18.7 Å². The van der Waals surface area contributed by atoms with E-state index in [-0.39, 0.29) is 11.6 Å². The first-order valence-corrected chi connectivity index (χ1v) is 8.46.